The number of halogens is 2. The summed E-state index contributed by atoms with van der Waals surface area (Å²) in [6.45, 7) is 4.70. The fourth-order valence-corrected chi connectivity index (χ4v) is 3.00. The molecule has 25 heavy (non-hydrogen) atoms. The lowest BCUT2D eigenvalue weighted by atomic mass is 9.93. The number of rotatable bonds is 7. The average Bonchev–Trinajstić information content (AvgIpc) is 2.60. The third-order valence-electron chi connectivity index (χ3n) is 4.51. The van der Waals surface area contributed by atoms with Crippen molar-refractivity contribution in [2.45, 2.75) is 45.2 Å². The van der Waals surface area contributed by atoms with Gasteiger partial charge in [0.05, 0.1) is 22.8 Å². The summed E-state index contributed by atoms with van der Waals surface area (Å²) >= 11 is 3.36. The molecule has 1 amide bonds. The third kappa shape index (κ3) is 5.03. The Balaban J connectivity index is 0.00000312. The van der Waals surface area contributed by atoms with Crippen molar-refractivity contribution in [3.05, 3.63) is 39.4 Å². The Kier molecular flexibility index (Phi) is 8.05. The van der Waals surface area contributed by atoms with Gasteiger partial charge in [-0.15, -0.1) is 12.4 Å². The summed E-state index contributed by atoms with van der Waals surface area (Å²) in [6.07, 6.45) is 3.25. The summed E-state index contributed by atoms with van der Waals surface area (Å²) in [6, 6.07) is 5.37. The molecule has 0 spiro atoms. The minimum atomic E-state index is -0.367. The number of aromatic nitrogens is 2. The maximum atomic E-state index is 12.5. The summed E-state index contributed by atoms with van der Waals surface area (Å²) < 4.78 is 2.29. The van der Waals surface area contributed by atoms with Crippen molar-refractivity contribution in [2.75, 3.05) is 6.54 Å². The lowest BCUT2D eigenvalue weighted by Gasteiger charge is -2.31. The maximum Gasteiger partial charge on any atom is 0.261 e. The fourth-order valence-electron chi connectivity index (χ4n) is 2.64. The van der Waals surface area contributed by atoms with Crippen molar-refractivity contribution < 1.29 is 4.79 Å². The van der Waals surface area contributed by atoms with E-state index in [4.69, 9.17) is 5.73 Å². The first-order valence-corrected chi connectivity index (χ1v) is 8.89. The number of hydrogen-bond donors (Lipinski definition) is 2. The lowest BCUT2D eigenvalue weighted by Crippen LogP contribution is -2.53. The average molecular weight is 432 g/mol. The molecule has 2 aromatic rings. The van der Waals surface area contributed by atoms with Crippen LogP contribution in [-0.4, -0.2) is 27.5 Å². The van der Waals surface area contributed by atoms with Crippen molar-refractivity contribution in [1.29, 1.82) is 0 Å². The highest BCUT2D eigenvalue weighted by molar-refractivity contribution is 9.10. The van der Waals surface area contributed by atoms with E-state index in [0.717, 1.165) is 17.3 Å². The molecule has 0 unspecified atom stereocenters. The van der Waals surface area contributed by atoms with Crippen molar-refractivity contribution in [3.63, 3.8) is 0 Å². The van der Waals surface area contributed by atoms with E-state index in [9.17, 15) is 9.59 Å². The minimum absolute atomic E-state index is 0. The number of aryl methyl sites for hydroxylation is 1. The molecule has 1 heterocycles. The molecular weight excluding hydrogens is 408 g/mol. The Morgan fingerprint density at radius 1 is 1.36 bits per heavy atom. The van der Waals surface area contributed by atoms with Gasteiger partial charge in [-0.3, -0.25) is 14.2 Å². The number of nitrogens with two attached hydrogens (primary N) is 1. The number of amides is 1. The van der Waals surface area contributed by atoms with Gasteiger partial charge < -0.3 is 11.1 Å². The quantitative estimate of drug-likeness (QED) is 0.705. The number of nitrogens with one attached hydrogen (secondary N) is 1. The van der Waals surface area contributed by atoms with E-state index < -0.39 is 0 Å². The number of hydrogen-bond acceptors (Lipinski definition) is 4. The first-order valence-electron chi connectivity index (χ1n) is 8.10. The number of carbonyl (C=O) groups is 1. The van der Waals surface area contributed by atoms with Crippen LogP contribution in [0, 0.1) is 0 Å². The van der Waals surface area contributed by atoms with E-state index >= 15 is 0 Å². The summed E-state index contributed by atoms with van der Waals surface area (Å²) in [5, 5.41) is 3.54. The molecule has 0 aliphatic heterocycles. The van der Waals surface area contributed by atoms with Crippen molar-refractivity contribution in [2.24, 2.45) is 5.73 Å². The van der Waals surface area contributed by atoms with Gasteiger partial charge >= 0.3 is 0 Å². The van der Waals surface area contributed by atoms with E-state index in [1.165, 1.54) is 10.9 Å². The van der Waals surface area contributed by atoms with Gasteiger partial charge in [0.15, 0.2) is 0 Å². The lowest BCUT2D eigenvalue weighted by molar-refractivity contribution is -0.123. The van der Waals surface area contributed by atoms with Gasteiger partial charge in [-0.05, 0) is 31.0 Å². The highest BCUT2D eigenvalue weighted by atomic mass is 79.9. The molecule has 1 aromatic carbocycles. The van der Waals surface area contributed by atoms with Gasteiger partial charge in [0.2, 0.25) is 5.91 Å². The third-order valence-corrected chi connectivity index (χ3v) is 5.01. The van der Waals surface area contributed by atoms with Crippen LogP contribution in [0.25, 0.3) is 10.9 Å². The Morgan fingerprint density at radius 3 is 2.64 bits per heavy atom. The molecule has 2 rings (SSSR count). The monoisotopic (exact) mass is 430 g/mol. The second kappa shape index (κ2) is 9.31. The van der Waals surface area contributed by atoms with Crippen LogP contribution in [0.15, 0.2) is 33.8 Å². The van der Waals surface area contributed by atoms with Crippen LogP contribution < -0.4 is 16.6 Å². The van der Waals surface area contributed by atoms with Crippen LogP contribution in [0.5, 0.6) is 0 Å². The van der Waals surface area contributed by atoms with Crippen LogP contribution in [-0.2, 0) is 11.3 Å². The first-order chi connectivity index (χ1) is 11.4. The first kappa shape index (κ1) is 21.6. The number of nitrogens with zero attached hydrogens (tertiary/aromatic N) is 2. The van der Waals surface area contributed by atoms with Gasteiger partial charge in [0.25, 0.3) is 5.56 Å². The molecule has 6 nitrogen and oxygen atoms in total. The van der Waals surface area contributed by atoms with Gasteiger partial charge in [0, 0.05) is 24.0 Å². The molecule has 0 aliphatic rings. The highest BCUT2D eigenvalue weighted by Crippen LogP contribution is 2.15. The summed E-state index contributed by atoms with van der Waals surface area (Å²) in [5.41, 5.74) is 5.93. The Morgan fingerprint density at radius 2 is 2.04 bits per heavy atom. The van der Waals surface area contributed by atoms with Crippen molar-refractivity contribution in [3.8, 4) is 0 Å². The van der Waals surface area contributed by atoms with Crippen LogP contribution in [0.4, 0.5) is 0 Å². The Hall–Kier alpha value is -1.44. The number of carbonyl (C=O) groups excluding carboxylic acids is 1. The van der Waals surface area contributed by atoms with E-state index in [1.54, 1.807) is 12.1 Å². The van der Waals surface area contributed by atoms with E-state index in [2.05, 4.69) is 26.2 Å². The molecule has 0 aliphatic carbocycles. The predicted octanol–water partition coefficient (Wildman–Crippen LogP) is 2.60. The van der Waals surface area contributed by atoms with Crippen molar-refractivity contribution >= 4 is 45.1 Å². The van der Waals surface area contributed by atoms with E-state index in [1.807, 2.05) is 19.9 Å². The molecule has 8 heteroatoms. The zero-order valence-corrected chi connectivity index (χ0v) is 16.8. The second-order valence-corrected chi connectivity index (χ2v) is 6.81. The minimum Gasteiger partial charge on any atom is -0.349 e. The Labute approximate surface area is 161 Å². The van der Waals surface area contributed by atoms with Gasteiger partial charge in [-0.2, -0.15) is 0 Å². The second-order valence-electron chi connectivity index (χ2n) is 5.89. The molecule has 1 aromatic heterocycles. The molecule has 0 saturated heterocycles. The fraction of sp³-hybridized carbons (Fsp3) is 0.471. The van der Waals surface area contributed by atoms with Crippen LogP contribution in [0.2, 0.25) is 0 Å². The molecular formula is C17H24BrClN4O2. The molecule has 3 N–H and O–H groups in total. The standard InChI is InChI=1S/C17H23BrN4O2.ClH/c1-3-17(4-2,10-19)21-15(23)7-8-22-11-20-14-6-5-12(18)9-13(14)16(22)24;/h5-6,9,11H,3-4,7-8,10,19H2,1-2H3,(H,21,23);1H. The summed E-state index contributed by atoms with van der Waals surface area (Å²) in [5.74, 6) is -0.106. The summed E-state index contributed by atoms with van der Waals surface area (Å²) in [4.78, 5) is 29.0. The topological polar surface area (TPSA) is 90.0 Å². The normalized spacial score (nSPS) is 11.2. The SMILES string of the molecule is CCC(CC)(CN)NC(=O)CCn1cnc2ccc(Br)cc2c1=O.Cl. The molecule has 0 fully saturated rings. The van der Waals surface area contributed by atoms with Crippen LogP contribution in [0.1, 0.15) is 33.1 Å². The maximum absolute atomic E-state index is 12.5. The summed E-state index contributed by atoms with van der Waals surface area (Å²) in [7, 11) is 0. The van der Waals surface area contributed by atoms with E-state index in [-0.39, 0.29) is 42.4 Å². The number of fused-ring (bicyclic) bond motifs is 1. The van der Waals surface area contributed by atoms with Crippen LogP contribution >= 0.6 is 28.3 Å². The van der Waals surface area contributed by atoms with Gasteiger partial charge in [-0.1, -0.05) is 29.8 Å². The zero-order chi connectivity index (χ0) is 17.7. The molecule has 138 valence electrons. The van der Waals surface area contributed by atoms with Gasteiger partial charge in [0.1, 0.15) is 0 Å². The molecule has 0 bridgehead atoms. The highest BCUT2D eigenvalue weighted by Gasteiger charge is 2.25. The molecule has 0 atom stereocenters. The zero-order valence-electron chi connectivity index (χ0n) is 14.4. The molecule has 0 saturated carbocycles. The number of benzene rings is 1. The van der Waals surface area contributed by atoms with E-state index in [0.29, 0.717) is 17.4 Å². The molecule has 0 radical (unpaired) electrons. The van der Waals surface area contributed by atoms with Gasteiger partial charge in [-0.25, -0.2) is 4.98 Å². The smallest absolute Gasteiger partial charge is 0.261 e. The Bertz CT molecular complexity index is 782. The predicted molar refractivity (Wildman–Crippen MR) is 106 cm³/mol. The largest absolute Gasteiger partial charge is 0.349 e. The van der Waals surface area contributed by atoms with Crippen molar-refractivity contribution in [1.82, 2.24) is 14.9 Å². The van der Waals surface area contributed by atoms with Crippen LogP contribution in [0.3, 0.4) is 0 Å².